The summed E-state index contributed by atoms with van der Waals surface area (Å²) in [6.07, 6.45) is 1.42. The van der Waals surface area contributed by atoms with E-state index in [0.29, 0.717) is 30.0 Å². The standard InChI is InChI=1S/C23H28F3N5O3/c1-14-11-34-21-18-15(9-17(24)19(21)29-7-5-28(2)6-8-29)20(32)16(10-31(14)18)22(33)30-4-3-27-12-23(25,26)13-30/h9-10,14,27H,3-8,11-13H2,1-2H3/t14-/m1/s1. The third-order valence-electron chi connectivity index (χ3n) is 6.84. The van der Waals surface area contributed by atoms with Gasteiger partial charge in [0.2, 0.25) is 5.43 Å². The van der Waals surface area contributed by atoms with Crippen molar-refractivity contribution in [3.05, 3.63) is 33.9 Å². The maximum Gasteiger partial charge on any atom is 0.277 e. The Morgan fingerprint density at radius 2 is 1.94 bits per heavy atom. The van der Waals surface area contributed by atoms with Gasteiger partial charge in [-0.05, 0) is 20.0 Å². The van der Waals surface area contributed by atoms with E-state index in [4.69, 9.17) is 4.74 Å². The van der Waals surface area contributed by atoms with E-state index in [9.17, 15) is 18.4 Å². The van der Waals surface area contributed by atoms with Crippen LogP contribution in [0.15, 0.2) is 17.1 Å². The predicted octanol–water partition coefficient (Wildman–Crippen LogP) is 1.53. The Balaban J connectivity index is 1.64. The summed E-state index contributed by atoms with van der Waals surface area (Å²) in [5.41, 5.74) is -0.173. The number of benzene rings is 1. The molecule has 2 saturated heterocycles. The summed E-state index contributed by atoms with van der Waals surface area (Å²) in [6, 6.07) is 0.919. The Bertz CT molecular complexity index is 1190. The van der Waals surface area contributed by atoms with Crippen molar-refractivity contribution in [1.29, 1.82) is 0 Å². The van der Waals surface area contributed by atoms with Crippen molar-refractivity contribution in [3.63, 3.8) is 0 Å². The zero-order valence-corrected chi connectivity index (χ0v) is 19.2. The first-order valence-electron chi connectivity index (χ1n) is 11.5. The van der Waals surface area contributed by atoms with Crippen molar-refractivity contribution in [2.24, 2.45) is 0 Å². The number of ether oxygens (including phenoxy) is 1. The maximum absolute atomic E-state index is 15.4. The molecular formula is C23H28F3N5O3. The van der Waals surface area contributed by atoms with Gasteiger partial charge in [-0.15, -0.1) is 0 Å². The van der Waals surface area contributed by atoms with E-state index in [-0.39, 0.29) is 36.7 Å². The average Bonchev–Trinajstić information content (AvgIpc) is 2.98. The number of rotatable bonds is 2. The van der Waals surface area contributed by atoms with Crippen molar-refractivity contribution in [1.82, 2.24) is 19.7 Å². The molecule has 1 amide bonds. The highest BCUT2D eigenvalue weighted by Crippen LogP contribution is 2.42. The molecule has 4 heterocycles. The Morgan fingerprint density at radius 1 is 1.21 bits per heavy atom. The van der Waals surface area contributed by atoms with Crippen LogP contribution in [-0.4, -0.2) is 92.2 Å². The molecule has 34 heavy (non-hydrogen) atoms. The average molecular weight is 480 g/mol. The topological polar surface area (TPSA) is 70.1 Å². The number of alkyl halides is 2. The molecule has 1 atom stereocenters. The fraction of sp³-hybridized carbons (Fsp3) is 0.565. The minimum Gasteiger partial charge on any atom is -0.487 e. The molecule has 8 nitrogen and oxygen atoms in total. The van der Waals surface area contributed by atoms with E-state index < -0.39 is 36.2 Å². The van der Waals surface area contributed by atoms with Gasteiger partial charge >= 0.3 is 0 Å². The third-order valence-corrected chi connectivity index (χ3v) is 6.84. The highest BCUT2D eigenvalue weighted by atomic mass is 19.3. The summed E-state index contributed by atoms with van der Waals surface area (Å²) in [5.74, 6) is -4.19. The van der Waals surface area contributed by atoms with Gasteiger partial charge in [-0.1, -0.05) is 0 Å². The molecule has 0 aliphatic carbocycles. The quantitative estimate of drug-likeness (QED) is 0.705. The summed E-state index contributed by atoms with van der Waals surface area (Å²) in [7, 11) is 2.00. The first-order chi connectivity index (χ1) is 16.2. The summed E-state index contributed by atoms with van der Waals surface area (Å²) in [4.78, 5) is 31.7. The molecule has 0 radical (unpaired) electrons. The van der Waals surface area contributed by atoms with Crippen LogP contribution in [0.25, 0.3) is 10.9 Å². The first kappa shape index (κ1) is 23.0. The van der Waals surface area contributed by atoms with Crippen molar-refractivity contribution < 1.29 is 22.7 Å². The lowest BCUT2D eigenvalue weighted by atomic mass is 10.0. The van der Waals surface area contributed by atoms with E-state index in [1.807, 2.05) is 18.9 Å². The lowest BCUT2D eigenvalue weighted by molar-refractivity contribution is -0.0153. The zero-order chi connectivity index (χ0) is 24.2. The van der Waals surface area contributed by atoms with Gasteiger partial charge in [0.1, 0.15) is 17.9 Å². The summed E-state index contributed by atoms with van der Waals surface area (Å²) in [6.45, 7) is 3.79. The van der Waals surface area contributed by atoms with Crippen LogP contribution in [0.4, 0.5) is 18.9 Å². The number of hydrogen-bond acceptors (Lipinski definition) is 6. The number of likely N-dealkylation sites (N-methyl/N-ethyl adjacent to an activating group) is 1. The predicted molar refractivity (Wildman–Crippen MR) is 122 cm³/mol. The fourth-order valence-electron chi connectivity index (χ4n) is 4.93. The van der Waals surface area contributed by atoms with Crippen LogP contribution in [0.3, 0.4) is 0 Å². The van der Waals surface area contributed by atoms with E-state index in [1.165, 1.54) is 6.20 Å². The smallest absolute Gasteiger partial charge is 0.277 e. The van der Waals surface area contributed by atoms with E-state index >= 15 is 4.39 Å². The van der Waals surface area contributed by atoms with Gasteiger partial charge in [-0.3, -0.25) is 9.59 Å². The largest absolute Gasteiger partial charge is 0.487 e. The SMILES string of the molecule is C[C@@H]1COc2c(N3CCN(C)CC3)c(F)cc3c(=O)c(C(=O)N4CCNCC(F)(F)C4)cn1c23. The molecule has 2 fully saturated rings. The molecule has 3 aliphatic heterocycles. The lowest BCUT2D eigenvalue weighted by Gasteiger charge is -2.37. The van der Waals surface area contributed by atoms with Crippen LogP contribution in [-0.2, 0) is 0 Å². The fourth-order valence-corrected chi connectivity index (χ4v) is 4.93. The molecule has 1 aromatic heterocycles. The molecule has 11 heteroatoms. The lowest BCUT2D eigenvalue weighted by Crippen LogP contribution is -2.45. The molecule has 1 N–H and O–H groups in total. The Hall–Kier alpha value is -2.79. The zero-order valence-electron chi connectivity index (χ0n) is 19.2. The molecule has 1 aromatic carbocycles. The summed E-state index contributed by atoms with van der Waals surface area (Å²) >= 11 is 0. The number of nitrogens with one attached hydrogen (secondary N) is 1. The van der Waals surface area contributed by atoms with E-state index in [0.717, 1.165) is 24.1 Å². The third kappa shape index (κ3) is 3.90. The number of piperazine rings is 1. The molecule has 2 aromatic rings. The van der Waals surface area contributed by atoms with Crippen LogP contribution in [0, 0.1) is 5.82 Å². The van der Waals surface area contributed by atoms with Gasteiger partial charge in [0.25, 0.3) is 11.8 Å². The Kier molecular flexibility index (Phi) is 5.71. The number of amides is 1. The number of halogens is 3. The molecule has 184 valence electrons. The van der Waals surface area contributed by atoms with Crippen LogP contribution >= 0.6 is 0 Å². The van der Waals surface area contributed by atoms with Crippen molar-refractivity contribution in [2.45, 2.75) is 18.9 Å². The van der Waals surface area contributed by atoms with Gasteiger partial charge in [0, 0.05) is 45.5 Å². The van der Waals surface area contributed by atoms with Crippen LogP contribution < -0.4 is 20.4 Å². The molecule has 0 unspecified atom stereocenters. The minimum atomic E-state index is -3.11. The Labute approximate surface area is 194 Å². The molecule has 0 bridgehead atoms. The van der Waals surface area contributed by atoms with Gasteiger partial charge in [-0.25, -0.2) is 13.2 Å². The number of aromatic nitrogens is 1. The normalized spacial score (nSPS) is 23.0. The van der Waals surface area contributed by atoms with Crippen molar-refractivity contribution in [2.75, 3.05) is 70.9 Å². The number of nitrogens with zero attached hydrogens (tertiary/aromatic N) is 4. The highest BCUT2D eigenvalue weighted by molar-refractivity contribution is 6.00. The van der Waals surface area contributed by atoms with Crippen LogP contribution in [0.5, 0.6) is 5.75 Å². The van der Waals surface area contributed by atoms with Crippen LogP contribution in [0.2, 0.25) is 0 Å². The van der Waals surface area contributed by atoms with Gasteiger partial charge in [0.05, 0.1) is 30.0 Å². The molecule has 3 aliphatic rings. The maximum atomic E-state index is 15.4. The highest BCUT2D eigenvalue weighted by Gasteiger charge is 2.37. The summed E-state index contributed by atoms with van der Waals surface area (Å²) in [5, 5.41) is 2.63. The number of anilines is 1. The Morgan fingerprint density at radius 3 is 2.68 bits per heavy atom. The van der Waals surface area contributed by atoms with Crippen LogP contribution in [0.1, 0.15) is 23.3 Å². The van der Waals surface area contributed by atoms with Gasteiger partial charge < -0.3 is 29.3 Å². The molecule has 5 rings (SSSR count). The molecule has 0 spiro atoms. The van der Waals surface area contributed by atoms with E-state index in [2.05, 4.69) is 10.2 Å². The van der Waals surface area contributed by atoms with E-state index in [1.54, 1.807) is 4.57 Å². The van der Waals surface area contributed by atoms with Gasteiger partial charge in [-0.2, -0.15) is 0 Å². The molecular weight excluding hydrogens is 451 g/mol. The first-order valence-corrected chi connectivity index (χ1v) is 11.5. The number of pyridine rings is 1. The van der Waals surface area contributed by atoms with Crippen molar-refractivity contribution >= 4 is 22.5 Å². The van der Waals surface area contributed by atoms with Crippen molar-refractivity contribution in [3.8, 4) is 5.75 Å². The summed E-state index contributed by atoms with van der Waals surface area (Å²) < 4.78 is 51.3. The second kappa shape index (κ2) is 8.46. The second-order valence-corrected chi connectivity index (χ2v) is 9.42. The number of carbonyl (C=O) groups is 1. The number of carbonyl (C=O) groups excluding carboxylic acids is 1. The minimum absolute atomic E-state index is 0.0162. The molecule has 0 saturated carbocycles. The monoisotopic (exact) mass is 479 g/mol. The second-order valence-electron chi connectivity index (χ2n) is 9.42. The number of hydrogen-bond donors (Lipinski definition) is 1. The van der Waals surface area contributed by atoms with Gasteiger partial charge in [0.15, 0.2) is 11.6 Å².